The summed E-state index contributed by atoms with van der Waals surface area (Å²) in [4.78, 5) is 24.4. The minimum Gasteiger partial charge on any atom is -0.481 e. The standard InChI is InChI=1S/C23H25N5O2/c1-2-16-12-25-21(24)20-19(18-11-15-5-3-4-6-17(15)26-18)27-22(28(16)20)13-7-9-14(10-8-13)23(29)30/h3-6,11-14,26H,2,7-10H2,1H3,(H2,24,25)(H,29,30). The molecule has 1 aliphatic carbocycles. The molecule has 1 saturated carbocycles. The van der Waals surface area contributed by atoms with E-state index in [0.29, 0.717) is 18.7 Å². The Morgan fingerprint density at radius 3 is 2.73 bits per heavy atom. The van der Waals surface area contributed by atoms with E-state index < -0.39 is 5.97 Å². The predicted molar refractivity (Wildman–Crippen MR) is 116 cm³/mol. The Labute approximate surface area is 174 Å². The van der Waals surface area contributed by atoms with Crippen LogP contribution in [-0.2, 0) is 11.2 Å². The van der Waals surface area contributed by atoms with Gasteiger partial charge >= 0.3 is 5.97 Å². The van der Waals surface area contributed by atoms with Gasteiger partial charge in [0.05, 0.1) is 11.6 Å². The average molecular weight is 403 g/mol. The molecule has 1 aliphatic rings. The summed E-state index contributed by atoms with van der Waals surface area (Å²) in [5.74, 6) is 0.687. The van der Waals surface area contributed by atoms with Gasteiger partial charge in [-0.3, -0.25) is 9.20 Å². The molecule has 3 heterocycles. The number of carboxylic acids is 1. The topological polar surface area (TPSA) is 109 Å². The summed E-state index contributed by atoms with van der Waals surface area (Å²) in [6, 6.07) is 10.2. The summed E-state index contributed by atoms with van der Waals surface area (Å²) in [7, 11) is 0. The third-order valence-electron chi connectivity index (χ3n) is 6.37. The van der Waals surface area contributed by atoms with Gasteiger partial charge in [-0.1, -0.05) is 25.1 Å². The molecule has 0 amide bonds. The molecule has 0 spiro atoms. The van der Waals surface area contributed by atoms with Crippen molar-refractivity contribution in [2.24, 2.45) is 5.92 Å². The maximum Gasteiger partial charge on any atom is 0.306 e. The molecule has 5 rings (SSSR count). The first-order chi connectivity index (χ1) is 14.6. The van der Waals surface area contributed by atoms with Crippen molar-refractivity contribution in [2.75, 3.05) is 5.73 Å². The number of carboxylic acid groups (broad SMARTS) is 1. The molecule has 7 nitrogen and oxygen atoms in total. The molecule has 3 aromatic heterocycles. The number of H-pyrrole nitrogens is 1. The molecule has 0 atom stereocenters. The fourth-order valence-corrected chi connectivity index (χ4v) is 4.74. The number of para-hydroxylation sites is 1. The summed E-state index contributed by atoms with van der Waals surface area (Å²) in [6.45, 7) is 2.10. The van der Waals surface area contributed by atoms with Gasteiger partial charge in [0.15, 0.2) is 0 Å². The lowest BCUT2D eigenvalue weighted by atomic mass is 9.81. The quantitative estimate of drug-likeness (QED) is 0.468. The third kappa shape index (κ3) is 2.93. The monoisotopic (exact) mass is 403 g/mol. The number of aromatic nitrogens is 4. The second-order valence-corrected chi connectivity index (χ2v) is 8.15. The number of carbonyl (C=O) groups is 1. The number of anilines is 1. The molecule has 154 valence electrons. The zero-order valence-corrected chi connectivity index (χ0v) is 16.9. The Kier molecular flexibility index (Phi) is 4.46. The van der Waals surface area contributed by atoms with E-state index in [0.717, 1.165) is 58.6 Å². The molecule has 7 heteroatoms. The van der Waals surface area contributed by atoms with E-state index in [1.807, 2.05) is 24.4 Å². The van der Waals surface area contributed by atoms with Gasteiger partial charge in [0.1, 0.15) is 22.9 Å². The molecule has 1 aromatic carbocycles. The zero-order valence-electron chi connectivity index (χ0n) is 16.9. The van der Waals surface area contributed by atoms with E-state index in [9.17, 15) is 9.90 Å². The molecule has 0 bridgehead atoms. The van der Waals surface area contributed by atoms with Gasteiger partial charge in [-0.05, 0) is 44.2 Å². The number of aromatic amines is 1. The van der Waals surface area contributed by atoms with Crippen molar-refractivity contribution in [3.05, 3.63) is 48.0 Å². The smallest absolute Gasteiger partial charge is 0.306 e. The highest BCUT2D eigenvalue weighted by Gasteiger charge is 2.31. The zero-order chi connectivity index (χ0) is 20.8. The molecular formula is C23H25N5O2. The molecule has 4 aromatic rings. The molecular weight excluding hydrogens is 378 g/mol. The van der Waals surface area contributed by atoms with Crippen LogP contribution in [0, 0.1) is 5.92 Å². The summed E-state index contributed by atoms with van der Waals surface area (Å²) in [5, 5.41) is 10.5. The van der Waals surface area contributed by atoms with Crippen LogP contribution < -0.4 is 5.73 Å². The largest absolute Gasteiger partial charge is 0.481 e. The maximum absolute atomic E-state index is 11.4. The van der Waals surface area contributed by atoms with Crippen molar-refractivity contribution >= 4 is 28.2 Å². The summed E-state index contributed by atoms with van der Waals surface area (Å²) in [6.07, 6.45) is 5.62. The number of aliphatic carboxylic acids is 1. The van der Waals surface area contributed by atoms with Crippen molar-refractivity contribution in [2.45, 2.75) is 44.9 Å². The molecule has 0 radical (unpaired) electrons. The van der Waals surface area contributed by atoms with Crippen LogP contribution in [0.15, 0.2) is 36.5 Å². The number of aryl methyl sites for hydroxylation is 1. The van der Waals surface area contributed by atoms with E-state index in [1.165, 1.54) is 0 Å². The number of nitrogen functional groups attached to an aromatic ring is 1. The van der Waals surface area contributed by atoms with Gasteiger partial charge < -0.3 is 15.8 Å². The van der Waals surface area contributed by atoms with Gasteiger partial charge in [-0.15, -0.1) is 0 Å². The first kappa shape index (κ1) is 18.7. The van der Waals surface area contributed by atoms with Crippen molar-refractivity contribution in [1.82, 2.24) is 19.4 Å². The fraction of sp³-hybridized carbons (Fsp3) is 0.348. The third-order valence-corrected chi connectivity index (χ3v) is 6.37. The number of nitrogens with two attached hydrogens (primary N) is 1. The Bertz CT molecular complexity index is 1210. The van der Waals surface area contributed by atoms with Gasteiger partial charge in [0.25, 0.3) is 0 Å². The van der Waals surface area contributed by atoms with Gasteiger partial charge in [0, 0.05) is 28.7 Å². The lowest BCUT2D eigenvalue weighted by molar-refractivity contribution is -0.142. The number of imidazole rings is 1. The molecule has 4 N–H and O–H groups in total. The number of benzene rings is 1. The van der Waals surface area contributed by atoms with Crippen LogP contribution in [-0.4, -0.2) is 30.4 Å². The summed E-state index contributed by atoms with van der Waals surface area (Å²) >= 11 is 0. The minimum absolute atomic E-state index is 0.207. The summed E-state index contributed by atoms with van der Waals surface area (Å²) < 4.78 is 2.16. The average Bonchev–Trinajstić information content (AvgIpc) is 3.36. The van der Waals surface area contributed by atoms with E-state index in [1.54, 1.807) is 0 Å². The number of nitrogens with zero attached hydrogens (tertiary/aromatic N) is 3. The number of hydrogen-bond acceptors (Lipinski definition) is 4. The van der Waals surface area contributed by atoms with Crippen LogP contribution in [0.25, 0.3) is 27.8 Å². The predicted octanol–water partition coefficient (Wildman–Crippen LogP) is 4.38. The second kappa shape index (κ2) is 7.16. The van der Waals surface area contributed by atoms with Crippen molar-refractivity contribution < 1.29 is 9.90 Å². The van der Waals surface area contributed by atoms with Crippen molar-refractivity contribution in [1.29, 1.82) is 0 Å². The Balaban J connectivity index is 1.68. The van der Waals surface area contributed by atoms with Gasteiger partial charge in [0.2, 0.25) is 0 Å². The first-order valence-electron chi connectivity index (χ1n) is 10.5. The maximum atomic E-state index is 11.4. The second-order valence-electron chi connectivity index (χ2n) is 8.15. The normalized spacial score (nSPS) is 19.5. The molecule has 0 aliphatic heterocycles. The molecule has 0 unspecified atom stereocenters. The molecule has 1 fully saturated rings. The number of nitrogens with one attached hydrogen (secondary N) is 1. The Hall–Kier alpha value is -3.35. The van der Waals surface area contributed by atoms with Crippen LogP contribution >= 0.6 is 0 Å². The highest BCUT2D eigenvalue weighted by atomic mass is 16.4. The van der Waals surface area contributed by atoms with Crippen LogP contribution in [0.5, 0.6) is 0 Å². The van der Waals surface area contributed by atoms with Crippen molar-refractivity contribution in [3.63, 3.8) is 0 Å². The number of hydrogen-bond donors (Lipinski definition) is 3. The van der Waals surface area contributed by atoms with Crippen molar-refractivity contribution in [3.8, 4) is 11.4 Å². The SMILES string of the molecule is CCc1cnc(N)c2c(-c3cc4ccccc4[nH]3)nc(C3CCC(C(=O)O)CC3)n12. The van der Waals surface area contributed by atoms with E-state index in [2.05, 4.69) is 33.4 Å². The fourth-order valence-electron chi connectivity index (χ4n) is 4.74. The molecule has 30 heavy (non-hydrogen) atoms. The number of fused-ring (bicyclic) bond motifs is 2. The van der Waals surface area contributed by atoms with E-state index >= 15 is 0 Å². The molecule has 0 saturated heterocycles. The van der Waals surface area contributed by atoms with Gasteiger partial charge in [-0.2, -0.15) is 0 Å². The van der Waals surface area contributed by atoms with Crippen LogP contribution in [0.3, 0.4) is 0 Å². The lowest BCUT2D eigenvalue weighted by Crippen LogP contribution is -2.22. The van der Waals surface area contributed by atoms with Crippen LogP contribution in [0.2, 0.25) is 0 Å². The minimum atomic E-state index is -0.692. The lowest BCUT2D eigenvalue weighted by Gasteiger charge is -2.25. The van der Waals surface area contributed by atoms with Crippen LogP contribution in [0.4, 0.5) is 5.82 Å². The Morgan fingerprint density at radius 2 is 2.03 bits per heavy atom. The summed E-state index contributed by atoms with van der Waals surface area (Å²) in [5.41, 5.74) is 11.0. The van der Waals surface area contributed by atoms with Gasteiger partial charge in [-0.25, -0.2) is 9.97 Å². The van der Waals surface area contributed by atoms with Crippen LogP contribution in [0.1, 0.15) is 50.0 Å². The van der Waals surface area contributed by atoms with E-state index in [4.69, 9.17) is 10.7 Å². The Morgan fingerprint density at radius 1 is 1.27 bits per heavy atom. The highest BCUT2D eigenvalue weighted by molar-refractivity contribution is 5.91. The van der Waals surface area contributed by atoms with E-state index in [-0.39, 0.29) is 11.8 Å². The highest BCUT2D eigenvalue weighted by Crippen LogP contribution is 2.39. The number of rotatable bonds is 4. The first-order valence-corrected chi connectivity index (χ1v) is 10.5.